The molecule has 1 heterocycles. The third kappa shape index (κ3) is 6.80. The van der Waals surface area contributed by atoms with Crippen LogP contribution in [0.4, 0.5) is 0 Å². The van der Waals surface area contributed by atoms with E-state index in [1.54, 1.807) is 7.11 Å². The Balaban J connectivity index is 2.05. The number of rotatable bonds is 8. The number of aliphatic hydroxyl groups is 1. The van der Waals surface area contributed by atoms with Gasteiger partial charge in [0.15, 0.2) is 0 Å². The second-order valence-corrected chi connectivity index (χ2v) is 6.48. The first kappa shape index (κ1) is 16.0. The zero-order valence-corrected chi connectivity index (χ0v) is 12.1. The predicted octanol–water partition coefficient (Wildman–Crippen LogP) is -0.100. The molecule has 0 amide bonds. The molecule has 18 heavy (non-hydrogen) atoms. The van der Waals surface area contributed by atoms with Gasteiger partial charge in [-0.05, 0) is 19.8 Å². The van der Waals surface area contributed by atoms with E-state index in [9.17, 15) is 9.32 Å². The molecule has 2 N–H and O–H groups in total. The second kappa shape index (κ2) is 8.98. The fourth-order valence-corrected chi connectivity index (χ4v) is 3.22. The quantitative estimate of drug-likeness (QED) is 0.649. The maximum absolute atomic E-state index is 11.2. The summed E-state index contributed by atoms with van der Waals surface area (Å²) in [5.41, 5.74) is 0. The summed E-state index contributed by atoms with van der Waals surface area (Å²) in [4.78, 5) is 0. The maximum Gasteiger partial charge on any atom is 0.0897 e. The lowest BCUT2D eigenvalue weighted by Gasteiger charge is -2.24. The molecule has 0 radical (unpaired) electrons. The van der Waals surface area contributed by atoms with Crippen LogP contribution in [-0.2, 0) is 20.3 Å². The smallest absolute Gasteiger partial charge is 0.0897 e. The number of hydrogen-bond acceptors (Lipinski definition) is 5. The highest BCUT2D eigenvalue weighted by Crippen LogP contribution is 2.08. The molecule has 0 aromatic carbocycles. The van der Waals surface area contributed by atoms with Crippen LogP contribution in [0.15, 0.2) is 0 Å². The fourth-order valence-electron chi connectivity index (χ4n) is 1.92. The van der Waals surface area contributed by atoms with Crippen molar-refractivity contribution in [1.82, 2.24) is 5.32 Å². The molecule has 0 aliphatic carbocycles. The minimum atomic E-state index is -0.628. The van der Waals surface area contributed by atoms with Gasteiger partial charge in [0.1, 0.15) is 0 Å². The van der Waals surface area contributed by atoms with E-state index < -0.39 is 16.9 Å². The van der Waals surface area contributed by atoms with Crippen LogP contribution in [0.25, 0.3) is 0 Å². The van der Waals surface area contributed by atoms with E-state index in [-0.39, 0.29) is 6.10 Å². The second-order valence-electron chi connectivity index (χ2n) is 4.78. The Morgan fingerprint density at radius 2 is 2.06 bits per heavy atom. The SMILES string of the molecule is COCC(C)OCC(O)CNC1CCS(=O)CC1. The molecule has 5 nitrogen and oxygen atoms in total. The van der Waals surface area contributed by atoms with Crippen molar-refractivity contribution in [3.63, 3.8) is 0 Å². The van der Waals surface area contributed by atoms with Crippen molar-refractivity contribution in [3.05, 3.63) is 0 Å². The molecular weight excluding hydrogens is 254 g/mol. The third-order valence-electron chi connectivity index (χ3n) is 3.00. The number of methoxy groups -OCH3 is 1. The highest BCUT2D eigenvalue weighted by Gasteiger charge is 2.18. The van der Waals surface area contributed by atoms with Crippen LogP contribution in [0, 0.1) is 0 Å². The zero-order valence-electron chi connectivity index (χ0n) is 11.3. The largest absolute Gasteiger partial charge is 0.389 e. The molecule has 1 saturated heterocycles. The standard InChI is InChI=1S/C12H25NO4S/c1-10(8-16-2)17-9-12(14)7-13-11-3-5-18(15)6-4-11/h10-14H,3-9H2,1-2H3. The summed E-state index contributed by atoms with van der Waals surface area (Å²) >= 11 is 0. The molecule has 0 aromatic rings. The Morgan fingerprint density at radius 1 is 1.39 bits per heavy atom. The van der Waals surface area contributed by atoms with Gasteiger partial charge >= 0.3 is 0 Å². The van der Waals surface area contributed by atoms with E-state index in [1.165, 1.54) is 0 Å². The number of hydrogen-bond donors (Lipinski definition) is 2. The number of aliphatic hydroxyl groups excluding tert-OH is 1. The first-order valence-corrected chi connectivity index (χ1v) is 7.97. The Labute approximate surface area is 112 Å². The minimum absolute atomic E-state index is 0.00162. The average Bonchev–Trinajstić information content (AvgIpc) is 2.36. The highest BCUT2D eigenvalue weighted by atomic mass is 32.2. The van der Waals surface area contributed by atoms with E-state index in [1.807, 2.05) is 6.92 Å². The van der Waals surface area contributed by atoms with Crippen molar-refractivity contribution in [1.29, 1.82) is 0 Å². The molecule has 2 atom stereocenters. The van der Waals surface area contributed by atoms with E-state index in [0.717, 1.165) is 24.3 Å². The molecule has 0 bridgehead atoms. The highest BCUT2D eigenvalue weighted by molar-refractivity contribution is 7.85. The van der Waals surface area contributed by atoms with Crippen LogP contribution in [0.3, 0.4) is 0 Å². The van der Waals surface area contributed by atoms with Crippen molar-refractivity contribution >= 4 is 10.8 Å². The predicted molar refractivity (Wildman–Crippen MR) is 72.2 cm³/mol. The van der Waals surface area contributed by atoms with E-state index >= 15 is 0 Å². The van der Waals surface area contributed by atoms with Crippen LogP contribution in [0.5, 0.6) is 0 Å². The maximum atomic E-state index is 11.2. The summed E-state index contributed by atoms with van der Waals surface area (Å²) in [7, 11) is 1.00. The molecule has 1 fully saturated rings. The molecule has 1 aliphatic rings. The normalized spacial score (nSPS) is 27.9. The van der Waals surface area contributed by atoms with Gasteiger partial charge in [-0.25, -0.2) is 0 Å². The topological polar surface area (TPSA) is 67.8 Å². The minimum Gasteiger partial charge on any atom is -0.389 e. The summed E-state index contributed by atoms with van der Waals surface area (Å²) < 4.78 is 21.6. The monoisotopic (exact) mass is 279 g/mol. The molecule has 1 aliphatic heterocycles. The van der Waals surface area contributed by atoms with Gasteiger partial charge in [-0.2, -0.15) is 0 Å². The van der Waals surface area contributed by atoms with Gasteiger partial charge in [0.2, 0.25) is 0 Å². The van der Waals surface area contributed by atoms with Crippen molar-refractivity contribution in [2.75, 3.05) is 38.4 Å². The summed E-state index contributed by atoms with van der Waals surface area (Å²) in [5.74, 6) is 1.55. The van der Waals surface area contributed by atoms with Crippen molar-refractivity contribution < 1.29 is 18.8 Å². The summed E-state index contributed by atoms with van der Waals surface area (Å²) in [6.45, 7) is 3.29. The van der Waals surface area contributed by atoms with Crippen LogP contribution < -0.4 is 5.32 Å². The van der Waals surface area contributed by atoms with Crippen LogP contribution in [0.1, 0.15) is 19.8 Å². The molecule has 108 valence electrons. The summed E-state index contributed by atoms with van der Waals surface area (Å²) in [5, 5.41) is 13.1. The zero-order chi connectivity index (χ0) is 13.4. The Kier molecular flexibility index (Phi) is 8.01. The van der Waals surface area contributed by atoms with Crippen molar-refractivity contribution in [2.45, 2.75) is 38.0 Å². The van der Waals surface area contributed by atoms with Gasteiger partial charge in [0.05, 0.1) is 25.4 Å². The van der Waals surface area contributed by atoms with Gasteiger partial charge in [0, 0.05) is 42.0 Å². The summed E-state index contributed by atoms with van der Waals surface area (Å²) in [6.07, 6.45) is 1.36. The lowest BCUT2D eigenvalue weighted by atomic mass is 10.1. The van der Waals surface area contributed by atoms with E-state index in [2.05, 4.69) is 5.32 Å². The van der Waals surface area contributed by atoms with Crippen LogP contribution >= 0.6 is 0 Å². The third-order valence-corrected chi connectivity index (χ3v) is 4.39. The first-order chi connectivity index (χ1) is 8.61. The average molecular weight is 279 g/mol. The van der Waals surface area contributed by atoms with Gasteiger partial charge in [-0.1, -0.05) is 0 Å². The Hall–Kier alpha value is -0.0100. The van der Waals surface area contributed by atoms with Crippen molar-refractivity contribution in [3.8, 4) is 0 Å². The van der Waals surface area contributed by atoms with Crippen molar-refractivity contribution in [2.24, 2.45) is 0 Å². The molecule has 0 saturated carbocycles. The van der Waals surface area contributed by atoms with Gasteiger partial charge < -0.3 is 19.9 Å². The lowest BCUT2D eigenvalue weighted by Crippen LogP contribution is -2.41. The van der Waals surface area contributed by atoms with Gasteiger partial charge in [0.25, 0.3) is 0 Å². The lowest BCUT2D eigenvalue weighted by molar-refractivity contribution is -0.0316. The Morgan fingerprint density at radius 3 is 2.67 bits per heavy atom. The van der Waals surface area contributed by atoms with Gasteiger partial charge in [-0.3, -0.25) is 4.21 Å². The molecule has 0 spiro atoms. The fraction of sp³-hybridized carbons (Fsp3) is 1.00. The first-order valence-electron chi connectivity index (χ1n) is 6.48. The number of ether oxygens (including phenoxy) is 2. The molecule has 6 heteroatoms. The molecular formula is C12H25NO4S. The Bertz CT molecular complexity index is 242. The van der Waals surface area contributed by atoms with Crippen LogP contribution in [0.2, 0.25) is 0 Å². The van der Waals surface area contributed by atoms with Crippen LogP contribution in [-0.4, -0.2) is 65.9 Å². The van der Waals surface area contributed by atoms with Gasteiger partial charge in [-0.15, -0.1) is 0 Å². The van der Waals surface area contributed by atoms with E-state index in [0.29, 0.717) is 25.8 Å². The molecule has 2 unspecified atom stereocenters. The summed E-state index contributed by atoms with van der Waals surface area (Å²) in [6, 6.07) is 0.383. The van der Waals surface area contributed by atoms with E-state index in [4.69, 9.17) is 9.47 Å². The number of nitrogens with one attached hydrogen (secondary N) is 1. The molecule has 1 rings (SSSR count). The molecule has 0 aromatic heterocycles.